The van der Waals surface area contributed by atoms with Crippen molar-refractivity contribution in [3.63, 3.8) is 0 Å². The number of allylic oxidation sites excluding steroid dienone is 4. The molecule has 0 aromatic heterocycles. The molecular weight excluding hydrogens is 114 g/mol. The predicted octanol–water partition coefficient (Wildman–Crippen LogP) is 0.438. The third-order valence-electron chi connectivity index (χ3n) is 1.10. The van der Waals surface area contributed by atoms with E-state index < -0.39 is 0 Å². The molecule has 46 valence electrons. The fourth-order valence-electron chi connectivity index (χ4n) is 0.570. The largest absolute Gasteiger partial charge is 0.397 e. The molecule has 1 aliphatic carbocycles. The molecule has 0 aromatic carbocycles. The van der Waals surface area contributed by atoms with E-state index in [2.05, 4.69) is 0 Å². The highest BCUT2D eigenvalue weighted by molar-refractivity contribution is 6.50. The third kappa shape index (κ3) is 0.887. The van der Waals surface area contributed by atoms with E-state index in [1.54, 1.807) is 18.2 Å². The Morgan fingerprint density at radius 2 is 2.00 bits per heavy atom. The van der Waals surface area contributed by atoms with E-state index in [0.717, 1.165) is 0 Å². The van der Waals surface area contributed by atoms with E-state index in [-0.39, 0.29) is 11.4 Å². The molecule has 0 heterocycles. The van der Waals surface area contributed by atoms with Crippen LogP contribution >= 0.6 is 0 Å². The first-order valence-corrected chi connectivity index (χ1v) is 2.53. The van der Waals surface area contributed by atoms with Gasteiger partial charge in [0.15, 0.2) is 0 Å². The van der Waals surface area contributed by atoms with Crippen LogP contribution in [0.5, 0.6) is 0 Å². The minimum atomic E-state index is 0.109. The molecule has 1 aliphatic rings. The molecule has 0 aromatic rings. The van der Waals surface area contributed by atoms with Gasteiger partial charge < -0.3 is 5.73 Å². The first-order chi connectivity index (χ1) is 4.22. The van der Waals surface area contributed by atoms with Crippen LogP contribution in [0.15, 0.2) is 23.9 Å². The van der Waals surface area contributed by atoms with Crippen molar-refractivity contribution in [2.75, 3.05) is 0 Å². The maximum absolute atomic E-state index is 7.13. The summed E-state index contributed by atoms with van der Waals surface area (Å²) in [5.74, 6) is 0. The molecule has 9 heavy (non-hydrogen) atoms. The zero-order chi connectivity index (χ0) is 6.85. The maximum Gasteiger partial charge on any atom is 0.102 e. The van der Waals surface area contributed by atoms with Crippen LogP contribution in [0.3, 0.4) is 0 Å². The Hall–Kier alpha value is -1.38. The van der Waals surface area contributed by atoms with Gasteiger partial charge >= 0.3 is 0 Å². The van der Waals surface area contributed by atoms with Crippen LogP contribution in [0, 0.1) is 10.8 Å². The third-order valence-corrected chi connectivity index (χ3v) is 1.10. The average molecular weight is 121 g/mol. The second-order valence-corrected chi connectivity index (χ2v) is 1.77. The molecule has 0 bridgehead atoms. The first kappa shape index (κ1) is 5.75. The molecule has 0 saturated carbocycles. The van der Waals surface area contributed by atoms with Crippen molar-refractivity contribution >= 4 is 11.4 Å². The Morgan fingerprint density at radius 1 is 1.33 bits per heavy atom. The molecule has 3 nitrogen and oxygen atoms in total. The molecule has 0 spiro atoms. The smallest absolute Gasteiger partial charge is 0.102 e. The lowest BCUT2D eigenvalue weighted by Gasteiger charge is -2.04. The summed E-state index contributed by atoms with van der Waals surface area (Å²) in [6.45, 7) is 0. The highest BCUT2D eigenvalue weighted by Crippen LogP contribution is 1.98. The predicted molar refractivity (Wildman–Crippen MR) is 36.9 cm³/mol. The number of hydrogen-bond acceptors (Lipinski definition) is 3. The van der Waals surface area contributed by atoms with Gasteiger partial charge in [0.2, 0.25) is 0 Å². The summed E-state index contributed by atoms with van der Waals surface area (Å²) in [4.78, 5) is 0. The lowest BCUT2D eigenvalue weighted by atomic mass is 10.1. The number of nitrogens with one attached hydrogen (secondary N) is 2. The highest BCUT2D eigenvalue weighted by Gasteiger charge is 2.06. The summed E-state index contributed by atoms with van der Waals surface area (Å²) < 4.78 is 0. The van der Waals surface area contributed by atoms with Crippen molar-refractivity contribution in [2.24, 2.45) is 5.73 Å². The standard InChI is InChI=1S/C6H7N3/c7-4-2-1-3-5(8)6(4)9/h1-3,7,9H,8H2. The molecule has 0 radical (unpaired) electrons. The summed E-state index contributed by atoms with van der Waals surface area (Å²) in [6, 6.07) is 0. The Labute approximate surface area is 52.9 Å². The van der Waals surface area contributed by atoms with E-state index in [9.17, 15) is 0 Å². The maximum atomic E-state index is 7.13. The summed E-state index contributed by atoms with van der Waals surface area (Å²) in [7, 11) is 0. The normalized spacial score (nSPS) is 18.0. The SMILES string of the molecule is N=C1C=CC=C(N)C1=N. The quantitative estimate of drug-likeness (QED) is 0.400. The lowest BCUT2D eigenvalue weighted by molar-refractivity contribution is 1.39. The van der Waals surface area contributed by atoms with Crippen molar-refractivity contribution in [1.82, 2.24) is 0 Å². The molecule has 0 amide bonds. The van der Waals surface area contributed by atoms with Crippen molar-refractivity contribution in [1.29, 1.82) is 10.8 Å². The van der Waals surface area contributed by atoms with Gasteiger partial charge in [0, 0.05) is 0 Å². The van der Waals surface area contributed by atoms with Crippen molar-refractivity contribution in [3.8, 4) is 0 Å². The van der Waals surface area contributed by atoms with Gasteiger partial charge in [-0.2, -0.15) is 0 Å². The molecule has 0 saturated heterocycles. The Kier molecular flexibility index (Phi) is 1.18. The zero-order valence-corrected chi connectivity index (χ0v) is 4.81. The summed E-state index contributed by atoms with van der Waals surface area (Å²) in [6.07, 6.45) is 4.81. The minimum Gasteiger partial charge on any atom is -0.397 e. The van der Waals surface area contributed by atoms with Gasteiger partial charge in [-0.1, -0.05) is 6.08 Å². The van der Waals surface area contributed by atoms with E-state index in [0.29, 0.717) is 5.70 Å². The van der Waals surface area contributed by atoms with Crippen LogP contribution in [-0.2, 0) is 0 Å². The average Bonchev–Trinajstić information content (AvgIpc) is 1.83. The lowest BCUT2D eigenvalue weighted by Crippen LogP contribution is -2.20. The number of rotatable bonds is 0. The second kappa shape index (κ2) is 1.85. The fourth-order valence-corrected chi connectivity index (χ4v) is 0.570. The van der Waals surface area contributed by atoms with E-state index in [4.69, 9.17) is 16.6 Å². The van der Waals surface area contributed by atoms with Crippen LogP contribution in [0.1, 0.15) is 0 Å². The van der Waals surface area contributed by atoms with Crippen molar-refractivity contribution < 1.29 is 0 Å². The van der Waals surface area contributed by atoms with E-state index in [1.165, 1.54) is 0 Å². The van der Waals surface area contributed by atoms with Crippen molar-refractivity contribution in [3.05, 3.63) is 23.9 Å². The van der Waals surface area contributed by atoms with Crippen molar-refractivity contribution in [2.45, 2.75) is 0 Å². The van der Waals surface area contributed by atoms with Gasteiger partial charge in [-0.3, -0.25) is 10.8 Å². The van der Waals surface area contributed by atoms with Crippen LogP contribution in [0.4, 0.5) is 0 Å². The number of hydrogen-bond donors (Lipinski definition) is 3. The van der Waals surface area contributed by atoms with Crippen LogP contribution in [0.25, 0.3) is 0 Å². The number of nitrogens with two attached hydrogens (primary N) is 1. The summed E-state index contributed by atoms with van der Waals surface area (Å²) >= 11 is 0. The zero-order valence-electron chi connectivity index (χ0n) is 4.81. The molecule has 0 aliphatic heterocycles. The first-order valence-electron chi connectivity index (χ1n) is 2.53. The monoisotopic (exact) mass is 121 g/mol. The summed E-state index contributed by atoms with van der Waals surface area (Å²) in [5, 5.41) is 14.2. The Balaban J connectivity index is 3.00. The van der Waals surface area contributed by atoms with E-state index >= 15 is 0 Å². The minimum absolute atomic E-state index is 0.109. The molecule has 3 heteroatoms. The Bertz CT molecular complexity index is 222. The topological polar surface area (TPSA) is 73.7 Å². The Morgan fingerprint density at radius 3 is 2.44 bits per heavy atom. The van der Waals surface area contributed by atoms with Crippen LogP contribution in [0.2, 0.25) is 0 Å². The van der Waals surface area contributed by atoms with Crippen LogP contribution < -0.4 is 5.73 Å². The van der Waals surface area contributed by atoms with Gasteiger partial charge in [0.1, 0.15) is 5.71 Å². The van der Waals surface area contributed by atoms with Gasteiger partial charge in [-0.15, -0.1) is 0 Å². The van der Waals surface area contributed by atoms with Gasteiger partial charge in [-0.25, -0.2) is 0 Å². The van der Waals surface area contributed by atoms with Gasteiger partial charge in [0.25, 0.3) is 0 Å². The molecule has 0 fully saturated rings. The van der Waals surface area contributed by atoms with Gasteiger partial charge in [-0.05, 0) is 12.2 Å². The van der Waals surface area contributed by atoms with E-state index in [1.807, 2.05) is 0 Å². The fraction of sp³-hybridized carbons (Fsp3) is 0. The molecule has 4 N–H and O–H groups in total. The van der Waals surface area contributed by atoms with Crippen LogP contribution in [-0.4, -0.2) is 11.4 Å². The molecule has 0 atom stereocenters. The second-order valence-electron chi connectivity index (χ2n) is 1.77. The van der Waals surface area contributed by atoms with Gasteiger partial charge in [0.05, 0.1) is 11.4 Å². The molecule has 0 unspecified atom stereocenters. The summed E-state index contributed by atoms with van der Waals surface area (Å²) in [5.41, 5.74) is 5.96. The highest BCUT2D eigenvalue weighted by atomic mass is 14.7. The molecule has 1 rings (SSSR count). The molecular formula is C6H7N3.